The third-order valence-corrected chi connectivity index (χ3v) is 3.83. The number of carbonyl (C=O) groups is 1. The van der Waals surface area contributed by atoms with Gasteiger partial charge in [-0.1, -0.05) is 18.2 Å². The first-order valence-corrected chi connectivity index (χ1v) is 8.01. The molecule has 0 amide bonds. The third kappa shape index (κ3) is 3.09. The summed E-state index contributed by atoms with van der Waals surface area (Å²) in [7, 11) is 1.38. The van der Waals surface area contributed by atoms with E-state index in [2.05, 4.69) is 0 Å². The van der Waals surface area contributed by atoms with Crippen LogP contribution in [0.3, 0.4) is 0 Å². The Morgan fingerprint density at radius 1 is 1.23 bits per heavy atom. The Morgan fingerprint density at radius 3 is 2.73 bits per heavy atom. The van der Waals surface area contributed by atoms with E-state index in [9.17, 15) is 15.0 Å². The minimum absolute atomic E-state index is 0.00555. The van der Waals surface area contributed by atoms with Crippen molar-refractivity contribution in [1.29, 1.82) is 0 Å². The van der Waals surface area contributed by atoms with Gasteiger partial charge in [0.1, 0.15) is 17.1 Å². The normalized spacial score (nSPS) is 11.2. The molecule has 3 aromatic rings. The number of carbonyl (C=O) groups excluding carboxylic acids is 1. The lowest BCUT2D eigenvalue weighted by Crippen LogP contribution is -2.04. The molecule has 0 atom stereocenters. The summed E-state index contributed by atoms with van der Waals surface area (Å²) in [5.74, 6) is -0.402. The van der Waals surface area contributed by atoms with E-state index in [0.29, 0.717) is 23.1 Å². The van der Waals surface area contributed by atoms with Crippen LogP contribution in [-0.4, -0.2) is 29.7 Å². The van der Waals surface area contributed by atoms with Crippen LogP contribution in [0, 0.1) is 0 Å². The van der Waals surface area contributed by atoms with Crippen LogP contribution in [0.4, 0.5) is 0 Å². The van der Waals surface area contributed by atoms with Gasteiger partial charge in [0.05, 0.1) is 25.4 Å². The lowest BCUT2D eigenvalue weighted by molar-refractivity contribution is 0.104. The molecule has 2 N–H and O–H groups in total. The summed E-state index contributed by atoms with van der Waals surface area (Å²) in [6.07, 6.45) is 4.28. The fourth-order valence-electron chi connectivity index (χ4n) is 2.72. The number of phenolic OH excluding ortho intramolecular Hbond substituents is 2. The Balaban J connectivity index is 2.11. The van der Waals surface area contributed by atoms with Crippen molar-refractivity contribution in [2.45, 2.75) is 6.92 Å². The van der Waals surface area contributed by atoms with Gasteiger partial charge in [-0.05, 0) is 36.8 Å². The molecular weight excluding hydrogens is 336 g/mol. The zero-order valence-corrected chi connectivity index (χ0v) is 14.4. The van der Waals surface area contributed by atoms with Gasteiger partial charge in [0.2, 0.25) is 5.75 Å². The van der Waals surface area contributed by atoms with Crippen molar-refractivity contribution in [3.8, 4) is 23.0 Å². The SMILES string of the molecule is CCOc1c(C(=O)/C=C/c2cccc(O)c2)c(O)c(OC)c2occc12. The van der Waals surface area contributed by atoms with E-state index in [0.717, 1.165) is 0 Å². The molecule has 6 heteroatoms. The van der Waals surface area contributed by atoms with Crippen molar-refractivity contribution in [2.75, 3.05) is 13.7 Å². The number of aromatic hydroxyl groups is 2. The van der Waals surface area contributed by atoms with Crippen molar-refractivity contribution >= 4 is 22.8 Å². The standard InChI is InChI=1S/C20H18O6/c1-3-25-18-14-9-10-26-19(14)20(24-2)17(23)16(18)15(22)8-7-12-5-4-6-13(21)11-12/h4-11,21,23H,3H2,1-2H3/b8-7+. The van der Waals surface area contributed by atoms with Gasteiger partial charge in [-0.2, -0.15) is 0 Å². The summed E-state index contributed by atoms with van der Waals surface area (Å²) in [6.45, 7) is 2.09. The van der Waals surface area contributed by atoms with Gasteiger partial charge in [-0.15, -0.1) is 0 Å². The predicted molar refractivity (Wildman–Crippen MR) is 97.1 cm³/mol. The topological polar surface area (TPSA) is 89.1 Å². The van der Waals surface area contributed by atoms with Crippen LogP contribution in [0.25, 0.3) is 17.0 Å². The van der Waals surface area contributed by atoms with Crippen LogP contribution in [0.5, 0.6) is 23.0 Å². The monoisotopic (exact) mass is 354 g/mol. The predicted octanol–water partition coefficient (Wildman–Crippen LogP) is 4.15. The summed E-state index contributed by atoms with van der Waals surface area (Å²) >= 11 is 0. The van der Waals surface area contributed by atoms with Gasteiger partial charge in [0.25, 0.3) is 0 Å². The van der Waals surface area contributed by atoms with Crippen LogP contribution in [0.1, 0.15) is 22.8 Å². The van der Waals surface area contributed by atoms with E-state index in [1.807, 2.05) is 0 Å². The van der Waals surface area contributed by atoms with E-state index >= 15 is 0 Å². The molecule has 1 aromatic heterocycles. The second-order valence-corrected chi connectivity index (χ2v) is 5.47. The Kier molecular flexibility index (Phi) is 4.84. The van der Waals surface area contributed by atoms with E-state index in [-0.39, 0.29) is 28.6 Å². The molecule has 0 unspecified atom stereocenters. The first-order valence-electron chi connectivity index (χ1n) is 8.01. The second-order valence-electron chi connectivity index (χ2n) is 5.47. The van der Waals surface area contributed by atoms with Gasteiger partial charge < -0.3 is 24.1 Å². The number of benzene rings is 2. The van der Waals surface area contributed by atoms with Gasteiger partial charge >= 0.3 is 0 Å². The number of phenols is 2. The highest BCUT2D eigenvalue weighted by molar-refractivity contribution is 6.15. The number of ketones is 1. The highest BCUT2D eigenvalue weighted by Gasteiger charge is 2.26. The molecule has 26 heavy (non-hydrogen) atoms. The third-order valence-electron chi connectivity index (χ3n) is 3.83. The molecule has 0 fully saturated rings. The van der Waals surface area contributed by atoms with Gasteiger partial charge in [0, 0.05) is 0 Å². The van der Waals surface area contributed by atoms with Crippen LogP contribution in [0.15, 0.2) is 47.1 Å². The van der Waals surface area contributed by atoms with Crippen LogP contribution in [-0.2, 0) is 0 Å². The molecule has 6 nitrogen and oxygen atoms in total. The van der Waals surface area contributed by atoms with Crippen molar-refractivity contribution in [2.24, 2.45) is 0 Å². The molecule has 0 aliphatic carbocycles. The lowest BCUT2D eigenvalue weighted by Gasteiger charge is -2.14. The fourth-order valence-corrected chi connectivity index (χ4v) is 2.72. The summed E-state index contributed by atoms with van der Waals surface area (Å²) in [6, 6.07) is 8.12. The number of ether oxygens (including phenoxy) is 2. The zero-order valence-electron chi connectivity index (χ0n) is 14.4. The molecule has 134 valence electrons. The Labute approximate surface area is 149 Å². The minimum atomic E-state index is -0.462. The minimum Gasteiger partial charge on any atom is -0.508 e. The molecule has 3 rings (SSSR count). The molecule has 0 radical (unpaired) electrons. The molecule has 0 saturated heterocycles. The maximum absolute atomic E-state index is 12.8. The molecule has 0 aliphatic rings. The first-order chi connectivity index (χ1) is 12.6. The highest BCUT2D eigenvalue weighted by Crippen LogP contribution is 2.46. The number of methoxy groups -OCH3 is 1. The smallest absolute Gasteiger partial charge is 0.205 e. The van der Waals surface area contributed by atoms with Crippen molar-refractivity contribution < 1.29 is 28.9 Å². The average molecular weight is 354 g/mol. The van der Waals surface area contributed by atoms with Crippen LogP contribution >= 0.6 is 0 Å². The number of rotatable bonds is 6. The molecule has 0 aliphatic heterocycles. The summed E-state index contributed by atoms with van der Waals surface area (Å²) in [5.41, 5.74) is 0.947. The summed E-state index contributed by atoms with van der Waals surface area (Å²) in [4.78, 5) is 12.8. The van der Waals surface area contributed by atoms with E-state index in [1.54, 1.807) is 31.2 Å². The van der Waals surface area contributed by atoms with Gasteiger partial charge in [0.15, 0.2) is 17.1 Å². The zero-order chi connectivity index (χ0) is 18.7. The van der Waals surface area contributed by atoms with Crippen molar-refractivity contribution in [3.63, 3.8) is 0 Å². The Morgan fingerprint density at radius 2 is 2.04 bits per heavy atom. The number of hydrogen-bond acceptors (Lipinski definition) is 6. The van der Waals surface area contributed by atoms with E-state index in [1.165, 1.54) is 31.6 Å². The summed E-state index contributed by atoms with van der Waals surface area (Å²) < 4.78 is 16.2. The largest absolute Gasteiger partial charge is 0.508 e. The quantitative estimate of drug-likeness (QED) is 0.511. The maximum atomic E-state index is 12.8. The van der Waals surface area contributed by atoms with E-state index in [4.69, 9.17) is 13.9 Å². The molecule has 0 saturated carbocycles. The Bertz CT molecular complexity index is 983. The molecular formula is C20H18O6. The number of fused-ring (bicyclic) bond motifs is 1. The van der Waals surface area contributed by atoms with Crippen LogP contribution in [0.2, 0.25) is 0 Å². The highest BCUT2D eigenvalue weighted by atomic mass is 16.5. The molecule has 0 spiro atoms. The second kappa shape index (κ2) is 7.23. The number of allylic oxidation sites excluding steroid dienone is 1. The Hall–Kier alpha value is -3.41. The van der Waals surface area contributed by atoms with Gasteiger partial charge in [-0.3, -0.25) is 4.79 Å². The average Bonchev–Trinajstić information content (AvgIpc) is 3.10. The van der Waals surface area contributed by atoms with Crippen LogP contribution < -0.4 is 9.47 Å². The lowest BCUT2D eigenvalue weighted by atomic mass is 10.0. The van der Waals surface area contributed by atoms with Crippen molar-refractivity contribution in [3.05, 3.63) is 53.8 Å². The van der Waals surface area contributed by atoms with E-state index < -0.39 is 5.78 Å². The van der Waals surface area contributed by atoms with Crippen molar-refractivity contribution in [1.82, 2.24) is 0 Å². The van der Waals surface area contributed by atoms with Gasteiger partial charge in [-0.25, -0.2) is 0 Å². The number of hydrogen-bond donors (Lipinski definition) is 2. The molecule has 0 bridgehead atoms. The fraction of sp³-hybridized carbons (Fsp3) is 0.150. The molecule has 1 heterocycles. The summed E-state index contributed by atoms with van der Waals surface area (Å²) in [5, 5.41) is 20.6. The first kappa shape index (κ1) is 17.4. The molecule has 2 aromatic carbocycles. The maximum Gasteiger partial charge on any atom is 0.205 e. The number of furan rings is 1.